The van der Waals surface area contributed by atoms with Crippen LogP contribution in [-0.2, 0) is 14.1 Å². The van der Waals surface area contributed by atoms with Gasteiger partial charge in [-0.3, -0.25) is 24.0 Å². The molecule has 25 heavy (non-hydrogen) atoms. The van der Waals surface area contributed by atoms with Crippen molar-refractivity contribution in [2.24, 2.45) is 14.1 Å². The van der Waals surface area contributed by atoms with Gasteiger partial charge in [0.05, 0.1) is 5.69 Å². The van der Waals surface area contributed by atoms with Crippen LogP contribution in [0.2, 0.25) is 0 Å². The molecule has 9 heteroatoms. The third kappa shape index (κ3) is 3.13. The Kier molecular flexibility index (Phi) is 4.32. The van der Waals surface area contributed by atoms with E-state index < -0.39 is 23.0 Å². The lowest BCUT2D eigenvalue weighted by Gasteiger charge is -2.08. The number of thiazole rings is 1. The molecule has 0 atom stereocenters. The van der Waals surface area contributed by atoms with Crippen LogP contribution >= 0.6 is 11.3 Å². The van der Waals surface area contributed by atoms with Gasteiger partial charge < -0.3 is 0 Å². The molecule has 0 aliphatic heterocycles. The van der Waals surface area contributed by atoms with Gasteiger partial charge in [-0.1, -0.05) is 12.1 Å². The van der Waals surface area contributed by atoms with Crippen molar-refractivity contribution < 1.29 is 9.18 Å². The first kappa shape index (κ1) is 16.8. The fourth-order valence-corrected chi connectivity index (χ4v) is 2.94. The van der Waals surface area contributed by atoms with Crippen LogP contribution in [0.5, 0.6) is 0 Å². The summed E-state index contributed by atoms with van der Waals surface area (Å²) in [6.07, 6.45) is 0. The highest BCUT2D eigenvalue weighted by molar-refractivity contribution is 7.14. The number of hydrogen-bond acceptors (Lipinski definition) is 5. The van der Waals surface area contributed by atoms with Crippen molar-refractivity contribution in [3.8, 4) is 11.3 Å². The van der Waals surface area contributed by atoms with E-state index in [4.69, 9.17) is 0 Å². The first-order valence-electron chi connectivity index (χ1n) is 7.17. The Balaban J connectivity index is 1.90. The molecule has 1 amide bonds. The lowest BCUT2D eigenvalue weighted by molar-refractivity contribution is 0.101. The fraction of sp³-hybridized carbons (Fsp3) is 0.125. The van der Waals surface area contributed by atoms with Crippen molar-refractivity contribution in [1.82, 2.24) is 14.1 Å². The highest BCUT2D eigenvalue weighted by atomic mass is 32.1. The van der Waals surface area contributed by atoms with Gasteiger partial charge in [-0.25, -0.2) is 14.2 Å². The van der Waals surface area contributed by atoms with Crippen molar-refractivity contribution in [2.45, 2.75) is 0 Å². The number of aromatic nitrogens is 3. The molecule has 0 spiro atoms. The molecule has 0 saturated carbocycles. The Labute approximate surface area is 145 Å². The van der Waals surface area contributed by atoms with Gasteiger partial charge in [-0.2, -0.15) is 0 Å². The van der Waals surface area contributed by atoms with E-state index in [-0.39, 0.29) is 10.8 Å². The van der Waals surface area contributed by atoms with Crippen LogP contribution in [0, 0.1) is 5.82 Å². The third-order valence-electron chi connectivity index (χ3n) is 3.63. The molecule has 0 radical (unpaired) electrons. The smallest absolute Gasteiger partial charge is 0.297 e. The molecule has 0 aliphatic carbocycles. The van der Waals surface area contributed by atoms with Crippen molar-refractivity contribution in [1.29, 1.82) is 0 Å². The largest absolute Gasteiger partial charge is 0.331 e. The maximum atomic E-state index is 13.8. The van der Waals surface area contributed by atoms with E-state index >= 15 is 0 Å². The molecule has 2 heterocycles. The quantitative estimate of drug-likeness (QED) is 0.769. The zero-order chi connectivity index (χ0) is 18.1. The molecule has 3 aromatic rings. The number of nitrogens with zero attached hydrogens (tertiary/aromatic N) is 3. The minimum atomic E-state index is -0.647. The van der Waals surface area contributed by atoms with E-state index in [1.54, 1.807) is 23.6 Å². The molecular weight excluding hydrogens is 347 g/mol. The van der Waals surface area contributed by atoms with E-state index in [1.165, 1.54) is 20.2 Å². The second-order valence-electron chi connectivity index (χ2n) is 5.24. The van der Waals surface area contributed by atoms with Crippen LogP contribution < -0.4 is 16.6 Å². The zero-order valence-corrected chi connectivity index (χ0v) is 14.1. The summed E-state index contributed by atoms with van der Waals surface area (Å²) in [5.41, 5.74) is -0.574. The van der Waals surface area contributed by atoms with E-state index in [2.05, 4.69) is 10.3 Å². The zero-order valence-electron chi connectivity index (χ0n) is 13.3. The Morgan fingerprint density at radius 1 is 1.20 bits per heavy atom. The third-order valence-corrected chi connectivity index (χ3v) is 4.39. The second-order valence-corrected chi connectivity index (χ2v) is 6.10. The number of amides is 1. The number of nitrogens with one attached hydrogen (secondary N) is 1. The van der Waals surface area contributed by atoms with Crippen LogP contribution in [0.1, 0.15) is 10.5 Å². The Bertz CT molecular complexity index is 1080. The summed E-state index contributed by atoms with van der Waals surface area (Å²) in [6, 6.07) is 7.24. The number of carbonyl (C=O) groups is 1. The maximum absolute atomic E-state index is 13.8. The molecular formula is C16H13FN4O3S. The number of halogens is 1. The summed E-state index contributed by atoms with van der Waals surface area (Å²) in [6.45, 7) is 0. The summed E-state index contributed by atoms with van der Waals surface area (Å²) in [5.74, 6) is -1.06. The number of benzene rings is 1. The standard InChI is InChI=1S/C16H13FN4O3S/c1-20-12(7-13(22)21(2)16(20)24)14(23)19-15-18-11(8-25-15)9-5-3-4-6-10(9)17/h3-8H,1-2H3,(H,18,19,23). The average Bonchev–Trinajstić information content (AvgIpc) is 3.04. The Hall–Kier alpha value is -3.07. The lowest BCUT2D eigenvalue weighted by Crippen LogP contribution is -2.40. The molecule has 128 valence electrons. The van der Waals surface area contributed by atoms with Gasteiger partial charge in [0.1, 0.15) is 11.5 Å². The van der Waals surface area contributed by atoms with E-state index in [9.17, 15) is 18.8 Å². The predicted molar refractivity (Wildman–Crippen MR) is 92.4 cm³/mol. The van der Waals surface area contributed by atoms with Crippen LogP contribution in [0.3, 0.4) is 0 Å². The van der Waals surface area contributed by atoms with Gasteiger partial charge in [-0.15, -0.1) is 11.3 Å². The Morgan fingerprint density at radius 2 is 1.92 bits per heavy atom. The molecule has 3 rings (SSSR count). The summed E-state index contributed by atoms with van der Waals surface area (Å²) < 4.78 is 15.8. The highest BCUT2D eigenvalue weighted by Gasteiger charge is 2.16. The van der Waals surface area contributed by atoms with Crippen molar-refractivity contribution in [3.63, 3.8) is 0 Å². The van der Waals surface area contributed by atoms with E-state index in [0.717, 1.165) is 26.5 Å². The molecule has 1 aromatic carbocycles. The molecule has 0 unspecified atom stereocenters. The SMILES string of the molecule is Cn1c(C(=O)Nc2nc(-c3ccccc3F)cs2)cc(=O)n(C)c1=O. The summed E-state index contributed by atoms with van der Waals surface area (Å²) >= 11 is 1.11. The van der Waals surface area contributed by atoms with Gasteiger partial charge in [0.25, 0.3) is 11.5 Å². The number of carbonyl (C=O) groups excluding carboxylic acids is 1. The molecule has 2 aromatic heterocycles. The highest BCUT2D eigenvalue weighted by Crippen LogP contribution is 2.26. The van der Waals surface area contributed by atoms with Crippen molar-refractivity contribution >= 4 is 22.4 Å². The van der Waals surface area contributed by atoms with E-state index in [0.29, 0.717) is 11.3 Å². The second kappa shape index (κ2) is 6.44. The summed E-state index contributed by atoms with van der Waals surface area (Å²) in [5, 5.41) is 4.36. The summed E-state index contributed by atoms with van der Waals surface area (Å²) in [4.78, 5) is 40.1. The predicted octanol–water partition coefficient (Wildman–Crippen LogP) is 1.60. The summed E-state index contributed by atoms with van der Waals surface area (Å²) in [7, 11) is 2.72. The van der Waals surface area contributed by atoms with E-state index in [1.807, 2.05) is 0 Å². The minimum absolute atomic E-state index is 0.0873. The molecule has 1 N–H and O–H groups in total. The average molecular weight is 360 g/mol. The monoisotopic (exact) mass is 360 g/mol. The van der Waals surface area contributed by atoms with Crippen LogP contribution in [0.15, 0.2) is 45.3 Å². The van der Waals surface area contributed by atoms with Gasteiger partial charge in [0.15, 0.2) is 5.13 Å². The number of anilines is 1. The minimum Gasteiger partial charge on any atom is -0.297 e. The molecule has 0 saturated heterocycles. The molecule has 0 fully saturated rings. The normalized spacial score (nSPS) is 10.7. The first-order chi connectivity index (χ1) is 11.9. The fourth-order valence-electron chi connectivity index (χ4n) is 2.24. The van der Waals surface area contributed by atoms with Gasteiger partial charge in [-0.05, 0) is 12.1 Å². The van der Waals surface area contributed by atoms with Crippen LogP contribution in [0.25, 0.3) is 11.3 Å². The number of hydrogen-bond donors (Lipinski definition) is 1. The Morgan fingerprint density at radius 3 is 2.64 bits per heavy atom. The van der Waals surface area contributed by atoms with Crippen molar-refractivity contribution in [2.75, 3.05) is 5.32 Å². The first-order valence-corrected chi connectivity index (χ1v) is 8.05. The lowest BCUT2D eigenvalue weighted by atomic mass is 10.2. The van der Waals surface area contributed by atoms with Gasteiger partial charge >= 0.3 is 5.69 Å². The molecule has 7 nitrogen and oxygen atoms in total. The topological polar surface area (TPSA) is 86.0 Å². The number of rotatable bonds is 3. The van der Waals surface area contributed by atoms with Gasteiger partial charge in [0.2, 0.25) is 0 Å². The van der Waals surface area contributed by atoms with Crippen LogP contribution in [-0.4, -0.2) is 20.0 Å². The van der Waals surface area contributed by atoms with Crippen LogP contribution in [0.4, 0.5) is 9.52 Å². The van der Waals surface area contributed by atoms with Crippen molar-refractivity contribution in [3.05, 3.63) is 68.1 Å². The maximum Gasteiger partial charge on any atom is 0.331 e. The molecule has 0 aliphatic rings. The van der Waals surface area contributed by atoms with Gasteiger partial charge in [0, 0.05) is 31.1 Å². The molecule has 0 bridgehead atoms.